The average molecular weight is 126 g/mol. The molecule has 2 rings (SSSR count). The molecule has 52 valence electrons. The average Bonchev–Trinajstić information content (AvgIpc) is 2.46. The molecule has 0 spiro atoms. The fraction of sp³-hybridized carbons (Fsp3) is 1.00. The summed E-state index contributed by atoms with van der Waals surface area (Å²) in [6, 6.07) is 0. The Hall–Kier alpha value is -0.0400. The van der Waals surface area contributed by atoms with Crippen LogP contribution in [-0.4, -0.2) is 12.2 Å². The number of rotatable bonds is 0. The van der Waals surface area contributed by atoms with Gasteiger partial charge in [0, 0.05) is 0 Å². The Morgan fingerprint density at radius 3 is 1.89 bits per heavy atom. The molecule has 4 atom stereocenters. The monoisotopic (exact) mass is 126 g/mol. The first-order valence-electron chi connectivity index (χ1n) is 3.93. The van der Waals surface area contributed by atoms with Crippen LogP contribution in [0.5, 0.6) is 0 Å². The van der Waals surface area contributed by atoms with Gasteiger partial charge in [0.15, 0.2) is 0 Å². The van der Waals surface area contributed by atoms with Gasteiger partial charge in [0.2, 0.25) is 0 Å². The molecule has 1 nitrogen and oxygen atoms in total. The van der Waals surface area contributed by atoms with E-state index in [9.17, 15) is 0 Å². The SMILES string of the molecule is CC1CC2OC2CC1C. The minimum atomic E-state index is 0.663. The van der Waals surface area contributed by atoms with Gasteiger partial charge in [-0.3, -0.25) is 0 Å². The van der Waals surface area contributed by atoms with Gasteiger partial charge in [-0.15, -0.1) is 0 Å². The molecule has 1 heteroatoms. The highest BCUT2D eigenvalue weighted by Gasteiger charge is 2.45. The molecule has 1 aliphatic heterocycles. The van der Waals surface area contributed by atoms with Crippen molar-refractivity contribution in [1.82, 2.24) is 0 Å². The summed E-state index contributed by atoms with van der Waals surface area (Å²) in [4.78, 5) is 0. The number of fused-ring (bicyclic) bond motifs is 1. The van der Waals surface area contributed by atoms with E-state index in [0.29, 0.717) is 12.2 Å². The van der Waals surface area contributed by atoms with Crippen molar-refractivity contribution in [3.63, 3.8) is 0 Å². The zero-order chi connectivity index (χ0) is 6.43. The Morgan fingerprint density at radius 2 is 1.44 bits per heavy atom. The molecule has 0 N–H and O–H groups in total. The van der Waals surface area contributed by atoms with Crippen LogP contribution in [-0.2, 0) is 4.74 Å². The second-order valence-corrected chi connectivity index (χ2v) is 3.64. The summed E-state index contributed by atoms with van der Waals surface area (Å²) >= 11 is 0. The van der Waals surface area contributed by atoms with Gasteiger partial charge in [-0.1, -0.05) is 13.8 Å². The first-order valence-corrected chi connectivity index (χ1v) is 3.93. The lowest BCUT2D eigenvalue weighted by molar-refractivity contribution is 0.309. The summed E-state index contributed by atoms with van der Waals surface area (Å²) in [6.07, 6.45) is 3.95. The molecule has 2 fully saturated rings. The highest BCUT2D eigenvalue weighted by Crippen LogP contribution is 2.42. The number of epoxide rings is 1. The van der Waals surface area contributed by atoms with E-state index in [1.165, 1.54) is 12.8 Å². The predicted octanol–water partition coefficient (Wildman–Crippen LogP) is 1.82. The van der Waals surface area contributed by atoms with Crippen LogP contribution in [0.25, 0.3) is 0 Å². The van der Waals surface area contributed by atoms with Crippen molar-refractivity contribution < 1.29 is 4.74 Å². The van der Waals surface area contributed by atoms with Crippen LogP contribution in [0.4, 0.5) is 0 Å². The minimum absolute atomic E-state index is 0.663. The molecule has 0 aromatic rings. The summed E-state index contributed by atoms with van der Waals surface area (Å²) in [5.41, 5.74) is 0. The van der Waals surface area contributed by atoms with Crippen molar-refractivity contribution in [2.75, 3.05) is 0 Å². The van der Waals surface area contributed by atoms with E-state index < -0.39 is 0 Å². The van der Waals surface area contributed by atoms with Gasteiger partial charge in [0.1, 0.15) is 0 Å². The lowest BCUT2D eigenvalue weighted by Gasteiger charge is -2.21. The second kappa shape index (κ2) is 1.72. The molecule has 0 aromatic carbocycles. The third-order valence-corrected chi connectivity index (χ3v) is 2.87. The van der Waals surface area contributed by atoms with E-state index in [0.717, 1.165) is 11.8 Å². The Labute approximate surface area is 56.4 Å². The van der Waals surface area contributed by atoms with E-state index in [-0.39, 0.29) is 0 Å². The maximum absolute atomic E-state index is 5.42. The zero-order valence-electron chi connectivity index (χ0n) is 6.13. The van der Waals surface area contributed by atoms with Crippen molar-refractivity contribution in [3.8, 4) is 0 Å². The van der Waals surface area contributed by atoms with Crippen molar-refractivity contribution in [2.45, 2.75) is 38.9 Å². The molecular formula is C8H14O. The van der Waals surface area contributed by atoms with Gasteiger partial charge in [-0.25, -0.2) is 0 Å². The Morgan fingerprint density at radius 1 is 1.00 bits per heavy atom. The molecular weight excluding hydrogens is 112 g/mol. The predicted molar refractivity (Wildman–Crippen MR) is 36.2 cm³/mol. The summed E-state index contributed by atoms with van der Waals surface area (Å²) in [6.45, 7) is 4.67. The fourth-order valence-electron chi connectivity index (χ4n) is 1.79. The third-order valence-electron chi connectivity index (χ3n) is 2.87. The van der Waals surface area contributed by atoms with Crippen LogP contribution in [0, 0.1) is 11.8 Å². The van der Waals surface area contributed by atoms with Crippen LogP contribution >= 0.6 is 0 Å². The maximum atomic E-state index is 5.42. The van der Waals surface area contributed by atoms with E-state index >= 15 is 0 Å². The molecule has 0 amide bonds. The fourth-order valence-corrected chi connectivity index (χ4v) is 1.79. The summed E-state index contributed by atoms with van der Waals surface area (Å²) in [5, 5.41) is 0. The van der Waals surface area contributed by atoms with Crippen LogP contribution in [0.3, 0.4) is 0 Å². The van der Waals surface area contributed by atoms with Crippen molar-refractivity contribution in [3.05, 3.63) is 0 Å². The Balaban J connectivity index is 1.98. The number of ether oxygens (including phenoxy) is 1. The van der Waals surface area contributed by atoms with E-state index in [4.69, 9.17) is 4.74 Å². The summed E-state index contributed by atoms with van der Waals surface area (Å²) in [7, 11) is 0. The van der Waals surface area contributed by atoms with E-state index in [1.807, 2.05) is 0 Å². The highest BCUT2D eigenvalue weighted by molar-refractivity contribution is 4.93. The van der Waals surface area contributed by atoms with E-state index in [1.54, 1.807) is 0 Å². The third kappa shape index (κ3) is 0.877. The quantitative estimate of drug-likeness (QED) is 0.451. The standard InChI is InChI=1S/C8H14O/c1-5-3-7-8(9-7)4-6(5)2/h5-8H,3-4H2,1-2H3. The Kier molecular flexibility index (Phi) is 1.10. The van der Waals surface area contributed by atoms with Crippen LogP contribution < -0.4 is 0 Å². The van der Waals surface area contributed by atoms with Crippen LogP contribution in [0.1, 0.15) is 26.7 Å². The number of hydrogen-bond donors (Lipinski definition) is 0. The van der Waals surface area contributed by atoms with Gasteiger partial charge in [-0.05, 0) is 24.7 Å². The molecule has 9 heavy (non-hydrogen) atoms. The number of hydrogen-bond acceptors (Lipinski definition) is 1. The minimum Gasteiger partial charge on any atom is -0.370 e. The molecule has 0 bridgehead atoms. The van der Waals surface area contributed by atoms with Gasteiger partial charge in [-0.2, -0.15) is 0 Å². The molecule has 1 aliphatic carbocycles. The lowest BCUT2D eigenvalue weighted by atomic mass is 9.82. The van der Waals surface area contributed by atoms with Gasteiger partial charge in [0.25, 0.3) is 0 Å². The molecule has 4 unspecified atom stereocenters. The first kappa shape index (κ1) is 5.72. The van der Waals surface area contributed by atoms with Gasteiger partial charge in [0.05, 0.1) is 12.2 Å². The molecule has 1 saturated heterocycles. The summed E-state index contributed by atoms with van der Waals surface area (Å²) < 4.78 is 5.42. The molecule has 1 saturated carbocycles. The van der Waals surface area contributed by atoms with Crippen LogP contribution in [0.15, 0.2) is 0 Å². The maximum Gasteiger partial charge on any atom is 0.0844 e. The Bertz CT molecular complexity index is 108. The highest BCUT2D eigenvalue weighted by atomic mass is 16.6. The smallest absolute Gasteiger partial charge is 0.0844 e. The van der Waals surface area contributed by atoms with Crippen molar-refractivity contribution in [2.24, 2.45) is 11.8 Å². The zero-order valence-corrected chi connectivity index (χ0v) is 6.13. The molecule has 0 radical (unpaired) electrons. The van der Waals surface area contributed by atoms with Gasteiger partial charge >= 0.3 is 0 Å². The van der Waals surface area contributed by atoms with Crippen molar-refractivity contribution >= 4 is 0 Å². The molecule has 1 heterocycles. The van der Waals surface area contributed by atoms with Crippen molar-refractivity contribution in [1.29, 1.82) is 0 Å². The van der Waals surface area contributed by atoms with E-state index in [2.05, 4.69) is 13.8 Å². The van der Waals surface area contributed by atoms with Gasteiger partial charge < -0.3 is 4.74 Å². The summed E-state index contributed by atoms with van der Waals surface area (Å²) in [5.74, 6) is 1.79. The lowest BCUT2D eigenvalue weighted by Crippen LogP contribution is -2.19. The second-order valence-electron chi connectivity index (χ2n) is 3.64. The normalized spacial score (nSPS) is 56.7. The topological polar surface area (TPSA) is 12.5 Å². The first-order chi connectivity index (χ1) is 4.27. The molecule has 2 aliphatic rings. The van der Waals surface area contributed by atoms with Crippen LogP contribution in [0.2, 0.25) is 0 Å². The molecule has 0 aromatic heterocycles. The largest absolute Gasteiger partial charge is 0.370 e.